The highest BCUT2D eigenvalue weighted by atomic mass is 16.1. The lowest BCUT2D eigenvalue weighted by Crippen LogP contribution is -2.02. The highest BCUT2D eigenvalue weighted by Gasteiger charge is 2.12. The number of rotatable bonds is 4. The average Bonchev–Trinajstić information content (AvgIpc) is 2.69. The molecule has 1 aromatic carbocycles. The van der Waals surface area contributed by atoms with Crippen LogP contribution in [0.5, 0.6) is 0 Å². The number of hydrogen-bond donors (Lipinski definition) is 1. The van der Waals surface area contributed by atoms with Crippen LogP contribution in [0.25, 0.3) is 22.6 Å². The maximum absolute atomic E-state index is 11.0. The lowest BCUT2D eigenvalue weighted by molar-refractivity contribution is 0.112. The second kappa shape index (κ2) is 6.40. The molecule has 4 rings (SSSR count). The summed E-state index contributed by atoms with van der Waals surface area (Å²) in [5, 5.41) is 3.22. The molecule has 0 unspecified atom stereocenters. The number of carbonyl (C=O) groups is 1. The summed E-state index contributed by atoms with van der Waals surface area (Å²) in [7, 11) is 0. The molecule has 25 heavy (non-hydrogen) atoms. The third-order valence-electron chi connectivity index (χ3n) is 3.56. The molecule has 120 valence electrons. The highest BCUT2D eigenvalue weighted by molar-refractivity contribution is 5.86. The molecule has 0 amide bonds. The molecule has 4 aromatic rings. The molecule has 0 aliphatic heterocycles. The largest absolute Gasteiger partial charge is 0.338 e. The van der Waals surface area contributed by atoms with Crippen molar-refractivity contribution in [2.45, 2.75) is 0 Å². The van der Waals surface area contributed by atoms with Gasteiger partial charge in [-0.05, 0) is 18.2 Å². The van der Waals surface area contributed by atoms with E-state index in [-0.39, 0.29) is 0 Å². The van der Waals surface area contributed by atoms with Gasteiger partial charge in [0, 0.05) is 41.6 Å². The number of hydrogen-bond acceptors (Lipinski definition) is 7. The number of anilines is 2. The summed E-state index contributed by atoms with van der Waals surface area (Å²) in [6.07, 6.45) is 7.34. The Morgan fingerprint density at radius 2 is 1.76 bits per heavy atom. The van der Waals surface area contributed by atoms with Crippen LogP contribution < -0.4 is 5.32 Å². The number of aromatic nitrogens is 5. The van der Waals surface area contributed by atoms with E-state index in [4.69, 9.17) is 0 Å². The van der Waals surface area contributed by atoms with E-state index in [9.17, 15) is 4.79 Å². The predicted octanol–water partition coefficient (Wildman–Crippen LogP) is 3.04. The first-order valence-corrected chi connectivity index (χ1v) is 7.55. The van der Waals surface area contributed by atoms with Gasteiger partial charge in [0.1, 0.15) is 6.29 Å². The molecule has 1 N–H and O–H groups in total. The number of pyridine rings is 1. The molecular weight excluding hydrogens is 316 g/mol. The molecule has 0 bridgehead atoms. The molecule has 3 aromatic heterocycles. The quantitative estimate of drug-likeness (QED) is 0.575. The van der Waals surface area contributed by atoms with Crippen molar-refractivity contribution in [1.82, 2.24) is 24.9 Å². The minimum absolute atomic E-state index is 0.466. The Bertz CT molecular complexity index is 1050. The number of aldehydes is 1. The van der Waals surface area contributed by atoms with E-state index in [0.717, 1.165) is 17.5 Å². The Labute approximate surface area is 142 Å². The molecule has 0 aliphatic carbocycles. The zero-order valence-electron chi connectivity index (χ0n) is 13.0. The van der Waals surface area contributed by atoms with Gasteiger partial charge in [-0.2, -0.15) is 0 Å². The summed E-state index contributed by atoms with van der Waals surface area (Å²) in [5.74, 6) is 1.00. The molecular formula is C18H12N6O. The Kier molecular flexibility index (Phi) is 3.80. The van der Waals surface area contributed by atoms with Gasteiger partial charge in [0.2, 0.25) is 0 Å². The molecule has 0 saturated carbocycles. The zero-order valence-corrected chi connectivity index (χ0v) is 13.0. The Morgan fingerprint density at radius 3 is 2.60 bits per heavy atom. The van der Waals surface area contributed by atoms with E-state index in [1.54, 1.807) is 43.0 Å². The molecule has 7 heteroatoms. The van der Waals surface area contributed by atoms with Gasteiger partial charge in [-0.15, -0.1) is 0 Å². The molecule has 0 saturated heterocycles. The molecule has 0 atom stereocenters. The number of nitrogens with zero attached hydrogens (tertiary/aromatic N) is 5. The minimum atomic E-state index is 0.466. The number of benzene rings is 1. The fourth-order valence-corrected chi connectivity index (χ4v) is 2.40. The van der Waals surface area contributed by atoms with Gasteiger partial charge in [-0.25, -0.2) is 19.9 Å². The van der Waals surface area contributed by atoms with Crippen LogP contribution in [0.2, 0.25) is 0 Å². The van der Waals surface area contributed by atoms with Crippen molar-refractivity contribution in [2.75, 3.05) is 5.32 Å². The SMILES string of the molecule is O=Cc1cccc(-c2nc(Nc3ccncc3)c3nccnc3n2)c1. The lowest BCUT2D eigenvalue weighted by Gasteiger charge is -2.09. The van der Waals surface area contributed by atoms with E-state index < -0.39 is 0 Å². The van der Waals surface area contributed by atoms with E-state index in [1.165, 1.54) is 0 Å². The van der Waals surface area contributed by atoms with Crippen molar-refractivity contribution in [3.05, 3.63) is 66.7 Å². The van der Waals surface area contributed by atoms with Gasteiger partial charge in [-0.1, -0.05) is 18.2 Å². The molecule has 7 nitrogen and oxygen atoms in total. The van der Waals surface area contributed by atoms with Gasteiger partial charge in [-0.3, -0.25) is 9.78 Å². The summed E-state index contributed by atoms with van der Waals surface area (Å²) in [6, 6.07) is 10.8. The van der Waals surface area contributed by atoms with Crippen LogP contribution in [0.4, 0.5) is 11.5 Å². The smallest absolute Gasteiger partial charge is 0.184 e. The monoisotopic (exact) mass is 328 g/mol. The Hall–Kier alpha value is -3.74. The second-order valence-electron chi connectivity index (χ2n) is 5.23. The average molecular weight is 328 g/mol. The van der Waals surface area contributed by atoms with Crippen LogP contribution in [0.3, 0.4) is 0 Å². The van der Waals surface area contributed by atoms with Crippen LogP contribution in [0.1, 0.15) is 10.4 Å². The van der Waals surface area contributed by atoms with Gasteiger partial charge in [0.05, 0.1) is 0 Å². The topological polar surface area (TPSA) is 93.6 Å². The standard InChI is InChI=1S/C18H12N6O/c25-11-12-2-1-3-13(10-12)16-23-17-15(20-8-9-21-17)18(24-16)22-14-4-6-19-7-5-14/h1-11H,(H,19,21,22,23,24). The molecule has 0 fully saturated rings. The first kappa shape index (κ1) is 14.8. The number of nitrogens with one attached hydrogen (secondary N) is 1. The van der Waals surface area contributed by atoms with Crippen LogP contribution in [-0.2, 0) is 0 Å². The Morgan fingerprint density at radius 1 is 0.920 bits per heavy atom. The van der Waals surface area contributed by atoms with E-state index in [2.05, 4.69) is 30.2 Å². The van der Waals surface area contributed by atoms with Crippen molar-refractivity contribution >= 4 is 29.0 Å². The van der Waals surface area contributed by atoms with Crippen molar-refractivity contribution in [3.8, 4) is 11.4 Å². The summed E-state index contributed by atoms with van der Waals surface area (Å²) in [5.41, 5.74) is 3.15. The third kappa shape index (κ3) is 3.02. The van der Waals surface area contributed by atoms with Gasteiger partial charge < -0.3 is 5.32 Å². The molecule has 0 radical (unpaired) electrons. The molecule has 3 heterocycles. The first-order valence-electron chi connectivity index (χ1n) is 7.55. The third-order valence-corrected chi connectivity index (χ3v) is 3.56. The van der Waals surface area contributed by atoms with E-state index >= 15 is 0 Å². The van der Waals surface area contributed by atoms with Crippen LogP contribution in [0.15, 0.2) is 61.2 Å². The minimum Gasteiger partial charge on any atom is -0.338 e. The maximum Gasteiger partial charge on any atom is 0.184 e. The summed E-state index contributed by atoms with van der Waals surface area (Å²) in [4.78, 5) is 32.7. The van der Waals surface area contributed by atoms with Gasteiger partial charge in [0.25, 0.3) is 0 Å². The van der Waals surface area contributed by atoms with Crippen molar-refractivity contribution in [3.63, 3.8) is 0 Å². The summed E-state index contributed by atoms with van der Waals surface area (Å²) in [6.45, 7) is 0. The normalized spacial score (nSPS) is 10.6. The molecule has 0 aliphatic rings. The van der Waals surface area contributed by atoms with E-state index in [0.29, 0.717) is 28.4 Å². The van der Waals surface area contributed by atoms with Crippen LogP contribution in [0, 0.1) is 0 Å². The lowest BCUT2D eigenvalue weighted by atomic mass is 10.1. The fourth-order valence-electron chi connectivity index (χ4n) is 2.40. The van der Waals surface area contributed by atoms with E-state index in [1.807, 2.05) is 18.2 Å². The van der Waals surface area contributed by atoms with Gasteiger partial charge >= 0.3 is 0 Å². The molecule has 0 spiro atoms. The first-order chi connectivity index (χ1) is 12.3. The number of carbonyl (C=O) groups excluding carboxylic acids is 1. The van der Waals surface area contributed by atoms with Crippen molar-refractivity contribution in [1.29, 1.82) is 0 Å². The highest BCUT2D eigenvalue weighted by Crippen LogP contribution is 2.25. The summed E-state index contributed by atoms with van der Waals surface area (Å²) < 4.78 is 0. The van der Waals surface area contributed by atoms with Crippen LogP contribution >= 0.6 is 0 Å². The predicted molar refractivity (Wildman–Crippen MR) is 93.5 cm³/mol. The zero-order chi connectivity index (χ0) is 17.1. The van der Waals surface area contributed by atoms with Crippen molar-refractivity contribution < 1.29 is 4.79 Å². The Balaban J connectivity index is 1.87. The number of fused-ring (bicyclic) bond motifs is 1. The van der Waals surface area contributed by atoms with Crippen molar-refractivity contribution in [2.24, 2.45) is 0 Å². The van der Waals surface area contributed by atoms with Crippen LogP contribution in [-0.4, -0.2) is 31.2 Å². The fraction of sp³-hybridized carbons (Fsp3) is 0. The summed E-state index contributed by atoms with van der Waals surface area (Å²) >= 11 is 0. The maximum atomic E-state index is 11.0. The van der Waals surface area contributed by atoms with Gasteiger partial charge in [0.15, 0.2) is 22.8 Å². The second-order valence-corrected chi connectivity index (χ2v) is 5.23.